The third-order valence-corrected chi connectivity index (χ3v) is 1.77. The van der Waals surface area contributed by atoms with Crippen molar-refractivity contribution in [1.29, 1.82) is 0 Å². The number of nitrogens with zero attached hydrogens (tertiary/aromatic N) is 1. The molecule has 0 aliphatic heterocycles. The minimum absolute atomic E-state index is 0.332. The average Bonchev–Trinajstić information content (AvgIpc) is 2.51. The molecule has 1 amide bonds. The van der Waals surface area contributed by atoms with Crippen molar-refractivity contribution < 1.29 is 13.9 Å². The zero-order valence-electron chi connectivity index (χ0n) is 8.74. The summed E-state index contributed by atoms with van der Waals surface area (Å²) in [7, 11) is 1.68. The second kappa shape index (κ2) is 4.69. The number of ether oxygens (including phenoxy) is 1. The van der Waals surface area contributed by atoms with Gasteiger partial charge in [-0.1, -0.05) is 0 Å². The molecular weight excluding hydrogens is 182 g/mol. The first-order chi connectivity index (χ1) is 6.63. The van der Waals surface area contributed by atoms with Crippen molar-refractivity contribution in [3.8, 4) is 0 Å². The van der Waals surface area contributed by atoms with Crippen molar-refractivity contribution >= 4 is 6.09 Å². The van der Waals surface area contributed by atoms with Gasteiger partial charge in [-0.15, -0.1) is 0 Å². The molecule has 0 aromatic carbocycles. The number of furan rings is 1. The molecule has 0 saturated heterocycles. The highest BCUT2D eigenvalue weighted by molar-refractivity contribution is 5.67. The third kappa shape index (κ3) is 2.80. The van der Waals surface area contributed by atoms with Gasteiger partial charge in [0.25, 0.3) is 0 Å². The van der Waals surface area contributed by atoms with Crippen molar-refractivity contribution in [2.24, 2.45) is 0 Å². The molecule has 0 spiro atoms. The number of carbonyl (C=O) groups is 1. The van der Waals surface area contributed by atoms with E-state index in [-0.39, 0.29) is 6.09 Å². The van der Waals surface area contributed by atoms with Gasteiger partial charge in [0.15, 0.2) is 0 Å². The van der Waals surface area contributed by atoms with Crippen LogP contribution in [0.1, 0.15) is 18.4 Å². The van der Waals surface area contributed by atoms with Crippen LogP contribution in [-0.4, -0.2) is 24.6 Å². The Morgan fingerprint density at radius 3 is 2.79 bits per heavy atom. The van der Waals surface area contributed by atoms with Crippen molar-refractivity contribution in [1.82, 2.24) is 4.90 Å². The van der Waals surface area contributed by atoms with Gasteiger partial charge in [0.1, 0.15) is 11.5 Å². The van der Waals surface area contributed by atoms with E-state index in [0.717, 1.165) is 11.5 Å². The number of rotatable bonds is 3. The van der Waals surface area contributed by atoms with Gasteiger partial charge in [-0.2, -0.15) is 0 Å². The Labute approximate surface area is 83.5 Å². The van der Waals surface area contributed by atoms with Crippen LogP contribution in [0.25, 0.3) is 0 Å². The molecule has 0 aliphatic rings. The van der Waals surface area contributed by atoms with Gasteiger partial charge in [-0.3, -0.25) is 0 Å². The van der Waals surface area contributed by atoms with Gasteiger partial charge >= 0.3 is 6.09 Å². The van der Waals surface area contributed by atoms with Crippen molar-refractivity contribution in [3.05, 3.63) is 23.7 Å². The predicted octanol–water partition coefficient (Wildman–Crippen LogP) is 2.18. The van der Waals surface area contributed by atoms with Crippen LogP contribution in [0.15, 0.2) is 16.5 Å². The summed E-state index contributed by atoms with van der Waals surface area (Å²) in [5.41, 5.74) is 0. The normalized spacial score (nSPS) is 9.93. The maximum absolute atomic E-state index is 11.2. The summed E-state index contributed by atoms with van der Waals surface area (Å²) in [5, 5.41) is 0. The number of amides is 1. The average molecular weight is 197 g/mol. The summed E-state index contributed by atoms with van der Waals surface area (Å²) in [6, 6.07) is 3.72. The van der Waals surface area contributed by atoms with Crippen LogP contribution in [0.2, 0.25) is 0 Å². The fourth-order valence-corrected chi connectivity index (χ4v) is 1.10. The summed E-state index contributed by atoms with van der Waals surface area (Å²) in [5.74, 6) is 1.61. The highest BCUT2D eigenvalue weighted by atomic mass is 16.6. The highest BCUT2D eigenvalue weighted by Gasteiger charge is 2.11. The van der Waals surface area contributed by atoms with E-state index in [2.05, 4.69) is 0 Å². The van der Waals surface area contributed by atoms with Crippen molar-refractivity contribution in [3.63, 3.8) is 0 Å². The van der Waals surface area contributed by atoms with Gasteiger partial charge in [-0.05, 0) is 26.0 Å². The van der Waals surface area contributed by atoms with Gasteiger partial charge < -0.3 is 14.1 Å². The smallest absolute Gasteiger partial charge is 0.409 e. The van der Waals surface area contributed by atoms with Crippen LogP contribution in [0.3, 0.4) is 0 Å². The molecule has 1 aromatic heterocycles. The van der Waals surface area contributed by atoms with Crippen LogP contribution in [0, 0.1) is 6.92 Å². The van der Waals surface area contributed by atoms with Gasteiger partial charge in [0.2, 0.25) is 0 Å². The zero-order chi connectivity index (χ0) is 10.6. The summed E-state index contributed by atoms with van der Waals surface area (Å²) >= 11 is 0. The SMILES string of the molecule is CCOC(=O)N(C)Cc1ccc(C)o1. The quantitative estimate of drug-likeness (QED) is 0.745. The predicted molar refractivity (Wildman–Crippen MR) is 51.9 cm³/mol. The Bertz CT molecular complexity index is 306. The molecule has 0 unspecified atom stereocenters. The molecule has 14 heavy (non-hydrogen) atoms. The number of carbonyl (C=O) groups excluding carboxylic acids is 1. The van der Waals surface area contributed by atoms with E-state index in [0.29, 0.717) is 13.2 Å². The second-order valence-electron chi connectivity index (χ2n) is 3.07. The van der Waals surface area contributed by atoms with E-state index in [9.17, 15) is 4.79 Å². The lowest BCUT2D eigenvalue weighted by Gasteiger charge is -2.14. The lowest BCUT2D eigenvalue weighted by atomic mass is 10.4. The molecule has 0 radical (unpaired) electrons. The Hall–Kier alpha value is -1.45. The van der Waals surface area contributed by atoms with Gasteiger partial charge in [0, 0.05) is 7.05 Å². The zero-order valence-corrected chi connectivity index (χ0v) is 8.74. The third-order valence-electron chi connectivity index (χ3n) is 1.77. The summed E-state index contributed by atoms with van der Waals surface area (Å²) in [6.45, 7) is 4.48. The summed E-state index contributed by atoms with van der Waals surface area (Å²) in [4.78, 5) is 12.7. The Morgan fingerprint density at radius 1 is 1.57 bits per heavy atom. The molecular formula is C10H15NO3. The molecule has 0 N–H and O–H groups in total. The molecule has 0 bridgehead atoms. The first-order valence-corrected chi connectivity index (χ1v) is 4.56. The topological polar surface area (TPSA) is 42.7 Å². The standard InChI is InChI=1S/C10H15NO3/c1-4-13-10(12)11(3)7-9-6-5-8(2)14-9/h5-6H,4,7H2,1-3H3. The Kier molecular flexibility index (Phi) is 3.56. The summed E-state index contributed by atoms with van der Waals surface area (Å²) < 4.78 is 10.2. The second-order valence-corrected chi connectivity index (χ2v) is 3.07. The van der Waals surface area contributed by atoms with Crippen molar-refractivity contribution in [2.75, 3.05) is 13.7 Å². The maximum Gasteiger partial charge on any atom is 0.409 e. The van der Waals surface area contributed by atoms with E-state index in [1.807, 2.05) is 19.1 Å². The molecule has 0 atom stereocenters. The lowest BCUT2D eigenvalue weighted by molar-refractivity contribution is 0.111. The van der Waals surface area contributed by atoms with Gasteiger partial charge in [-0.25, -0.2) is 4.79 Å². The molecule has 1 rings (SSSR count). The molecule has 4 heteroatoms. The lowest BCUT2D eigenvalue weighted by Crippen LogP contribution is -2.26. The van der Waals surface area contributed by atoms with Crippen LogP contribution in [0.5, 0.6) is 0 Å². The molecule has 0 fully saturated rings. The van der Waals surface area contributed by atoms with Gasteiger partial charge in [0.05, 0.1) is 13.2 Å². The van der Waals surface area contributed by atoms with E-state index < -0.39 is 0 Å². The fourth-order valence-electron chi connectivity index (χ4n) is 1.10. The molecule has 1 aromatic rings. The first kappa shape index (κ1) is 10.6. The molecule has 4 nitrogen and oxygen atoms in total. The van der Waals surface area contributed by atoms with Crippen LogP contribution >= 0.6 is 0 Å². The monoisotopic (exact) mass is 197 g/mol. The molecule has 0 saturated carbocycles. The fraction of sp³-hybridized carbons (Fsp3) is 0.500. The van der Waals surface area contributed by atoms with Crippen LogP contribution < -0.4 is 0 Å². The van der Waals surface area contributed by atoms with Crippen molar-refractivity contribution in [2.45, 2.75) is 20.4 Å². The molecule has 0 aliphatic carbocycles. The van der Waals surface area contributed by atoms with E-state index in [1.54, 1.807) is 14.0 Å². The van der Waals surface area contributed by atoms with Crippen LogP contribution in [0.4, 0.5) is 4.79 Å². The number of hydrogen-bond donors (Lipinski definition) is 0. The molecule has 1 heterocycles. The number of aryl methyl sites for hydroxylation is 1. The Morgan fingerprint density at radius 2 is 2.29 bits per heavy atom. The Balaban J connectivity index is 2.48. The largest absolute Gasteiger partial charge is 0.464 e. The minimum Gasteiger partial charge on any atom is -0.464 e. The van der Waals surface area contributed by atoms with E-state index >= 15 is 0 Å². The van der Waals surface area contributed by atoms with Crippen LogP contribution in [-0.2, 0) is 11.3 Å². The minimum atomic E-state index is -0.332. The first-order valence-electron chi connectivity index (χ1n) is 4.56. The highest BCUT2D eigenvalue weighted by Crippen LogP contribution is 2.08. The van der Waals surface area contributed by atoms with E-state index in [1.165, 1.54) is 4.90 Å². The molecule has 78 valence electrons. The summed E-state index contributed by atoms with van der Waals surface area (Å²) in [6.07, 6.45) is -0.332. The maximum atomic E-state index is 11.2. The van der Waals surface area contributed by atoms with E-state index in [4.69, 9.17) is 9.15 Å². The number of hydrogen-bond acceptors (Lipinski definition) is 3.